The van der Waals surface area contributed by atoms with E-state index in [9.17, 15) is 18.0 Å². The third kappa shape index (κ3) is 4.70. The van der Waals surface area contributed by atoms with Crippen molar-refractivity contribution in [2.75, 3.05) is 23.4 Å². The van der Waals surface area contributed by atoms with E-state index in [1.807, 2.05) is 26.0 Å². The van der Waals surface area contributed by atoms with E-state index in [4.69, 9.17) is 4.74 Å². The maximum atomic E-state index is 12.7. The van der Waals surface area contributed by atoms with Crippen molar-refractivity contribution in [1.29, 1.82) is 0 Å². The molecule has 1 fully saturated rings. The highest BCUT2D eigenvalue weighted by atomic mass is 32.2. The minimum atomic E-state index is -3.15. The third-order valence-corrected chi connectivity index (χ3v) is 6.47. The Hall–Kier alpha value is -2.42. The van der Waals surface area contributed by atoms with Crippen LogP contribution in [0.5, 0.6) is 5.75 Å². The fourth-order valence-corrected chi connectivity index (χ4v) is 4.94. The van der Waals surface area contributed by atoms with Crippen LogP contribution >= 0.6 is 0 Å². The molecule has 1 aromatic carbocycles. The van der Waals surface area contributed by atoms with Gasteiger partial charge in [0.2, 0.25) is 5.91 Å². The summed E-state index contributed by atoms with van der Waals surface area (Å²) in [5, 5.41) is 8.19. The summed E-state index contributed by atoms with van der Waals surface area (Å²) in [4.78, 5) is 24.9. The van der Waals surface area contributed by atoms with E-state index in [0.29, 0.717) is 24.5 Å². The number of carbonyl (C=O) groups is 2. The molecule has 8 nitrogen and oxygen atoms in total. The van der Waals surface area contributed by atoms with Crippen molar-refractivity contribution < 1.29 is 22.7 Å². The zero-order chi connectivity index (χ0) is 20.3. The van der Waals surface area contributed by atoms with Gasteiger partial charge in [0.1, 0.15) is 11.5 Å². The fraction of sp³-hybridized carbons (Fsp3) is 0.526. The molecule has 3 rings (SSSR count). The molecule has 9 heteroatoms. The van der Waals surface area contributed by atoms with Crippen LogP contribution < -0.4 is 10.1 Å². The lowest BCUT2D eigenvalue weighted by Crippen LogP contribution is -2.42. The molecule has 0 saturated carbocycles. The number of nitrogens with zero attached hydrogens (tertiary/aromatic N) is 2. The highest BCUT2D eigenvalue weighted by molar-refractivity contribution is 7.91. The second-order valence-corrected chi connectivity index (χ2v) is 9.37. The SMILES string of the molecule is CCCOc1cc(C)ccc1NC(=O)C1=NN(C2CCS(=O)(=O)C2)C(=O)CC1. The van der Waals surface area contributed by atoms with Crippen LogP contribution in [0.3, 0.4) is 0 Å². The largest absolute Gasteiger partial charge is 0.491 e. The van der Waals surface area contributed by atoms with Gasteiger partial charge >= 0.3 is 0 Å². The Bertz CT molecular complexity index is 910. The normalized spacial score (nSPS) is 21.4. The second-order valence-electron chi connectivity index (χ2n) is 7.14. The van der Waals surface area contributed by atoms with Gasteiger partial charge in [-0.3, -0.25) is 9.59 Å². The summed E-state index contributed by atoms with van der Waals surface area (Å²) in [6.45, 7) is 4.47. The van der Waals surface area contributed by atoms with E-state index in [0.717, 1.165) is 12.0 Å². The van der Waals surface area contributed by atoms with Gasteiger partial charge in [-0.2, -0.15) is 5.10 Å². The second kappa shape index (κ2) is 8.30. The van der Waals surface area contributed by atoms with E-state index in [-0.39, 0.29) is 36.0 Å². The number of nitrogens with one attached hydrogen (secondary N) is 1. The lowest BCUT2D eigenvalue weighted by Gasteiger charge is -2.27. The van der Waals surface area contributed by atoms with Gasteiger partial charge in [-0.05, 0) is 37.5 Å². The first-order chi connectivity index (χ1) is 13.3. The Labute approximate surface area is 164 Å². The molecule has 152 valence electrons. The van der Waals surface area contributed by atoms with Crippen molar-refractivity contribution >= 4 is 33.1 Å². The summed E-state index contributed by atoms with van der Waals surface area (Å²) in [7, 11) is -3.15. The predicted molar refractivity (Wildman–Crippen MR) is 106 cm³/mol. The van der Waals surface area contributed by atoms with Gasteiger partial charge in [0, 0.05) is 12.8 Å². The number of carbonyl (C=O) groups excluding carboxylic acids is 2. The average molecular weight is 407 g/mol. The van der Waals surface area contributed by atoms with Crippen molar-refractivity contribution in [2.45, 2.75) is 45.6 Å². The van der Waals surface area contributed by atoms with Gasteiger partial charge in [0.05, 0.1) is 29.8 Å². The van der Waals surface area contributed by atoms with Crippen LogP contribution in [-0.4, -0.2) is 55.1 Å². The first-order valence-corrected chi connectivity index (χ1v) is 11.3. The molecule has 1 atom stereocenters. The molecule has 0 aliphatic carbocycles. The van der Waals surface area contributed by atoms with Gasteiger partial charge in [0.15, 0.2) is 9.84 Å². The van der Waals surface area contributed by atoms with Crippen LogP contribution in [0.4, 0.5) is 5.69 Å². The number of anilines is 1. The Balaban J connectivity index is 1.77. The molecular weight excluding hydrogens is 382 g/mol. The van der Waals surface area contributed by atoms with Gasteiger partial charge < -0.3 is 10.1 Å². The van der Waals surface area contributed by atoms with Crippen LogP contribution in [0.25, 0.3) is 0 Å². The number of benzene rings is 1. The Morgan fingerprint density at radius 2 is 2.14 bits per heavy atom. The summed E-state index contributed by atoms with van der Waals surface area (Å²) >= 11 is 0. The lowest BCUT2D eigenvalue weighted by atomic mass is 10.1. The lowest BCUT2D eigenvalue weighted by molar-refractivity contribution is -0.133. The molecule has 1 aromatic rings. The molecule has 0 radical (unpaired) electrons. The number of hydrazone groups is 1. The molecule has 1 unspecified atom stereocenters. The van der Waals surface area contributed by atoms with Gasteiger partial charge in [-0.1, -0.05) is 13.0 Å². The predicted octanol–water partition coefficient (Wildman–Crippen LogP) is 1.89. The number of aryl methyl sites for hydroxylation is 1. The van der Waals surface area contributed by atoms with Crippen molar-refractivity contribution in [3.05, 3.63) is 23.8 Å². The third-order valence-electron chi connectivity index (χ3n) is 4.72. The van der Waals surface area contributed by atoms with Crippen LogP contribution in [-0.2, 0) is 19.4 Å². The van der Waals surface area contributed by atoms with E-state index in [1.165, 1.54) is 5.01 Å². The molecular formula is C19H25N3O5S. The minimum Gasteiger partial charge on any atom is -0.491 e. The number of hydrogen-bond acceptors (Lipinski definition) is 6. The highest BCUT2D eigenvalue weighted by Gasteiger charge is 2.37. The Kier molecular flexibility index (Phi) is 6.02. The molecule has 0 aromatic heterocycles. The maximum Gasteiger partial charge on any atom is 0.271 e. The van der Waals surface area contributed by atoms with Gasteiger partial charge in [-0.25, -0.2) is 13.4 Å². The first kappa shape index (κ1) is 20.3. The molecule has 2 aliphatic rings. The maximum absolute atomic E-state index is 12.7. The quantitative estimate of drug-likeness (QED) is 0.775. The van der Waals surface area contributed by atoms with Crippen LogP contribution in [0.15, 0.2) is 23.3 Å². The molecule has 0 spiro atoms. The van der Waals surface area contributed by atoms with Crippen LogP contribution in [0.2, 0.25) is 0 Å². The van der Waals surface area contributed by atoms with Gasteiger partial charge in [0.25, 0.3) is 5.91 Å². The monoisotopic (exact) mass is 407 g/mol. The fourth-order valence-electron chi connectivity index (χ4n) is 3.25. The smallest absolute Gasteiger partial charge is 0.271 e. The zero-order valence-corrected chi connectivity index (χ0v) is 16.9. The summed E-state index contributed by atoms with van der Waals surface area (Å²) in [5.74, 6) is -0.143. The van der Waals surface area contributed by atoms with E-state index in [1.54, 1.807) is 6.07 Å². The van der Waals surface area contributed by atoms with Crippen molar-refractivity contribution in [1.82, 2.24) is 5.01 Å². The molecule has 2 aliphatic heterocycles. The topological polar surface area (TPSA) is 105 Å². The van der Waals surface area contributed by atoms with Crippen molar-refractivity contribution in [3.8, 4) is 5.75 Å². The standard InChI is InChI=1S/C19H25N3O5S/c1-3-9-27-17-11-13(2)4-5-15(17)20-19(24)16-6-7-18(23)22(21-16)14-8-10-28(25,26)12-14/h4-5,11,14H,3,6-10,12H2,1-2H3,(H,20,24). The number of rotatable bonds is 6. The molecule has 0 bridgehead atoms. The summed E-state index contributed by atoms with van der Waals surface area (Å²) in [6.07, 6.45) is 1.54. The van der Waals surface area contributed by atoms with E-state index in [2.05, 4.69) is 10.4 Å². The highest BCUT2D eigenvalue weighted by Crippen LogP contribution is 2.27. The first-order valence-electron chi connectivity index (χ1n) is 9.44. The Morgan fingerprint density at radius 1 is 1.36 bits per heavy atom. The average Bonchev–Trinajstić information content (AvgIpc) is 3.01. The minimum absolute atomic E-state index is 0.0417. The van der Waals surface area contributed by atoms with Gasteiger partial charge in [-0.15, -0.1) is 0 Å². The van der Waals surface area contributed by atoms with Crippen LogP contribution in [0.1, 0.15) is 38.2 Å². The van der Waals surface area contributed by atoms with Crippen molar-refractivity contribution in [3.63, 3.8) is 0 Å². The van der Waals surface area contributed by atoms with E-state index >= 15 is 0 Å². The molecule has 2 heterocycles. The van der Waals surface area contributed by atoms with Crippen molar-refractivity contribution in [2.24, 2.45) is 5.10 Å². The summed E-state index contributed by atoms with van der Waals surface area (Å²) in [5.41, 5.74) is 1.77. The zero-order valence-electron chi connectivity index (χ0n) is 16.1. The molecule has 2 amide bonds. The summed E-state index contributed by atoms with van der Waals surface area (Å²) < 4.78 is 29.1. The number of sulfone groups is 1. The van der Waals surface area contributed by atoms with Crippen LogP contribution in [0, 0.1) is 6.92 Å². The molecule has 28 heavy (non-hydrogen) atoms. The number of amides is 2. The summed E-state index contributed by atoms with van der Waals surface area (Å²) in [6, 6.07) is 5.00. The number of ether oxygens (including phenoxy) is 1. The number of hydrogen-bond donors (Lipinski definition) is 1. The van der Waals surface area contributed by atoms with E-state index < -0.39 is 21.8 Å². The molecule has 1 saturated heterocycles. The Morgan fingerprint density at radius 3 is 2.82 bits per heavy atom. The molecule has 1 N–H and O–H groups in total.